The Bertz CT molecular complexity index is 1060. The lowest BCUT2D eigenvalue weighted by Gasteiger charge is -2.16. The minimum atomic E-state index is -0.600. The van der Waals surface area contributed by atoms with Crippen LogP contribution in [0.15, 0.2) is 61.3 Å². The van der Waals surface area contributed by atoms with Gasteiger partial charge in [-0.1, -0.05) is 18.7 Å². The van der Waals surface area contributed by atoms with Crippen LogP contribution < -0.4 is 15.4 Å². The van der Waals surface area contributed by atoms with Gasteiger partial charge in [0, 0.05) is 47.7 Å². The molecule has 1 heterocycles. The van der Waals surface area contributed by atoms with Gasteiger partial charge < -0.3 is 15.4 Å². The van der Waals surface area contributed by atoms with Gasteiger partial charge in [0.25, 0.3) is 0 Å². The maximum Gasteiger partial charge on any atom is 0.132 e. The molecule has 0 unspecified atom stereocenters. The van der Waals surface area contributed by atoms with Crippen LogP contribution in [0.4, 0.5) is 14.6 Å². The number of nitrogens with one attached hydrogen (secondary N) is 2. The Hall–Kier alpha value is -3.41. The third kappa shape index (κ3) is 4.95. The molecule has 1 aromatic heterocycles. The Balaban J connectivity index is 1.46. The van der Waals surface area contributed by atoms with E-state index in [4.69, 9.17) is 4.74 Å². The Kier molecular flexibility index (Phi) is 5.65. The van der Waals surface area contributed by atoms with Crippen LogP contribution in [0.5, 0.6) is 11.5 Å². The molecule has 0 atom stereocenters. The zero-order valence-corrected chi connectivity index (χ0v) is 16.7. The number of hydrogen-bond acceptors (Lipinski definition) is 4. The standard InChI is InChI=1S/C24H23F2N3O/c1-15-22(16(2)28-14-17-10-18(25)12-19(26)11-17)4-3-5-23(15)30-21-8-9-27-24(13-21)29-20-6-7-20/h3-5,8-13,20,28H,2,6-7,14H2,1H3,(H,27,29). The number of halogens is 2. The van der Waals surface area contributed by atoms with Crippen LogP contribution in [0.3, 0.4) is 0 Å². The number of benzene rings is 2. The van der Waals surface area contributed by atoms with Gasteiger partial charge in [0.05, 0.1) is 0 Å². The van der Waals surface area contributed by atoms with E-state index in [9.17, 15) is 8.78 Å². The highest BCUT2D eigenvalue weighted by Gasteiger charge is 2.21. The van der Waals surface area contributed by atoms with Gasteiger partial charge in [-0.15, -0.1) is 0 Å². The number of nitrogens with zero attached hydrogens (tertiary/aromatic N) is 1. The number of aromatic nitrogens is 1. The van der Waals surface area contributed by atoms with Crippen molar-refractivity contribution in [3.63, 3.8) is 0 Å². The second-order valence-corrected chi connectivity index (χ2v) is 7.44. The second kappa shape index (κ2) is 8.53. The van der Waals surface area contributed by atoms with Crippen LogP contribution in [0, 0.1) is 18.6 Å². The largest absolute Gasteiger partial charge is 0.457 e. The van der Waals surface area contributed by atoms with Gasteiger partial charge in [-0.05, 0) is 49.6 Å². The Labute approximate surface area is 174 Å². The molecule has 6 heteroatoms. The van der Waals surface area contributed by atoms with Crippen molar-refractivity contribution in [1.29, 1.82) is 0 Å². The van der Waals surface area contributed by atoms with Gasteiger partial charge in [0.2, 0.25) is 0 Å². The summed E-state index contributed by atoms with van der Waals surface area (Å²) in [6.07, 6.45) is 4.06. The predicted molar refractivity (Wildman–Crippen MR) is 114 cm³/mol. The van der Waals surface area contributed by atoms with Crippen LogP contribution in [-0.4, -0.2) is 11.0 Å². The normalized spacial score (nSPS) is 13.0. The monoisotopic (exact) mass is 407 g/mol. The molecule has 2 aromatic carbocycles. The fourth-order valence-corrected chi connectivity index (χ4v) is 3.19. The summed E-state index contributed by atoms with van der Waals surface area (Å²) in [5.74, 6) is 1.00. The number of anilines is 1. The number of ether oxygens (including phenoxy) is 1. The average Bonchev–Trinajstić information content (AvgIpc) is 3.51. The molecule has 0 amide bonds. The maximum atomic E-state index is 13.4. The maximum absolute atomic E-state index is 13.4. The Morgan fingerprint density at radius 3 is 2.63 bits per heavy atom. The van der Waals surface area contributed by atoms with Crippen LogP contribution in [0.2, 0.25) is 0 Å². The lowest BCUT2D eigenvalue weighted by molar-refractivity contribution is 0.478. The predicted octanol–water partition coefficient (Wildman–Crippen LogP) is 5.80. The van der Waals surface area contributed by atoms with Gasteiger partial charge in [-0.25, -0.2) is 13.8 Å². The molecule has 1 aliphatic rings. The van der Waals surface area contributed by atoms with Crippen molar-refractivity contribution < 1.29 is 13.5 Å². The number of rotatable bonds is 8. The summed E-state index contributed by atoms with van der Waals surface area (Å²) < 4.78 is 32.9. The zero-order chi connectivity index (χ0) is 21.1. The van der Waals surface area contributed by atoms with Crippen molar-refractivity contribution in [2.24, 2.45) is 0 Å². The van der Waals surface area contributed by atoms with Crippen LogP contribution in [-0.2, 0) is 6.54 Å². The first-order valence-corrected chi connectivity index (χ1v) is 9.86. The lowest BCUT2D eigenvalue weighted by Crippen LogP contribution is -2.12. The van der Waals surface area contributed by atoms with E-state index in [1.165, 1.54) is 25.0 Å². The van der Waals surface area contributed by atoms with Crippen molar-refractivity contribution in [2.45, 2.75) is 32.4 Å². The number of hydrogen-bond donors (Lipinski definition) is 2. The fraction of sp³-hybridized carbons (Fsp3) is 0.208. The van der Waals surface area contributed by atoms with E-state index in [-0.39, 0.29) is 6.54 Å². The first-order valence-electron chi connectivity index (χ1n) is 9.86. The quantitative estimate of drug-likeness (QED) is 0.496. The summed E-state index contributed by atoms with van der Waals surface area (Å²) in [5.41, 5.74) is 2.93. The second-order valence-electron chi connectivity index (χ2n) is 7.44. The molecule has 30 heavy (non-hydrogen) atoms. The topological polar surface area (TPSA) is 46.2 Å². The zero-order valence-electron chi connectivity index (χ0n) is 16.7. The van der Waals surface area contributed by atoms with E-state index in [1.807, 2.05) is 37.3 Å². The van der Waals surface area contributed by atoms with Crippen molar-refractivity contribution in [3.8, 4) is 11.5 Å². The molecule has 0 saturated heterocycles. The van der Waals surface area contributed by atoms with E-state index < -0.39 is 11.6 Å². The van der Waals surface area contributed by atoms with Crippen LogP contribution in [0.1, 0.15) is 29.5 Å². The minimum Gasteiger partial charge on any atom is -0.457 e. The first-order chi connectivity index (χ1) is 14.5. The van der Waals surface area contributed by atoms with Gasteiger partial charge in [0.1, 0.15) is 29.0 Å². The molecule has 4 rings (SSSR count). The third-order valence-electron chi connectivity index (χ3n) is 4.93. The van der Waals surface area contributed by atoms with E-state index in [1.54, 1.807) is 6.20 Å². The molecule has 154 valence electrons. The molecule has 0 aliphatic heterocycles. The Morgan fingerprint density at radius 2 is 1.90 bits per heavy atom. The SMILES string of the molecule is C=C(NCc1cc(F)cc(F)c1)c1cccc(Oc2ccnc(NC3CC3)c2)c1C. The van der Waals surface area contributed by atoms with E-state index in [0.717, 1.165) is 23.0 Å². The molecule has 3 aromatic rings. The summed E-state index contributed by atoms with van der Waals surface area (Å²) in [4.78, 5) is 4.33. The Morgan fingerprint density at radius 1 is 1.13 bits per heavy atom. The van der Waals surface area contributed by atoms with Crippen molar-refractivity contribution in [1.82, 2.24) is 10.3 Å². The summed E-state index contributed by atoms with van der Waals surface area (Å²) in [7, 11) is 0. The van der Waals surface area contributed by atoms with Gasteiger partial charge >= 0.3 is 0 Å². The molecule has 0 spiro atoms. The van der Waals surface area contributed by atoms with E-state index in [0.29, 0.717) is 28.8 Å². The molecule has 1 aliphatic carbocycles. The molecular weight excluding hydrogens is 384 g/mol. The minimum absolute atomic E-state index is 0.262. The average molecular weight is 407 g/mol. The van der Waals surface area contributed by atoms with Gasteiger partial charge in [-0.2, -0.15) is 0 Å². The van der Waals surface area contributed by atoms with Crippen LogP contribution >= 0.6 is 0 Å². The van der Waals surface area contributed by atoms with Crippen LogP contribution in [0.25, 0.3) is 5.70 Å². The molecule has 0 radical (unpaired) electrons. The molecule has 4 nitrogen and oxygen atoms in total. The molecule has 1 saturated carbocycles. The third-order valence-corrected chi connectivity index (χ3v) is 4.93. The number of pyridine rings is 1. The van der Waals surface area contributed by atoms with E-state index in [2.05, 4.69) is 22.2 Å². The smallest absolute Gasteiger partial charge is 0.132 e. The van der Waals surface area contributed by atoms with Crippen molar-refractivity contribution in [3.05, 3.63) is 89.6 Å². The molecular formula is C24H23F2N3O. The molecule has 0 bridgehead atoms. The van der Waals surface area contributed by atoms with Gasteiger partial charge in [0.15, 0.2) is 0 Å². The summed E-state index contributed by atoms with van der Waals surface area (Å²) in [6.45, 7) is 6.28. The summed E-state index contributed by atoms with van der Waals surface area (Å²) in [5, 5.41) is 6.49. The highest BCUT2D eigenvalue weighted by atomic mass is 19.1. The fourth-order valence-electron chi connectivity index (χ4n) is 3.19. The highest BCUT2D eigenvalue weighted by Crippen LogP contribution is 2.31. The first kappa shape index (κ1) is 19.9. The summed E-state index contributed by atoms with van der Waals surface area (Å²) >= 11 is 0. The van der Waals surface area contributed by atoms with E-state index >= 15 is 0 Å². The molecule has 1 fully saturated rings. The van der Waals surface area contributed by atoms with Crippen molar-refractivity contribution >= 4 is 11.5 Å². The summed E-state index contributed by atoms with van der Waals surface area (Å²) in [6, 6.07) is 13.4. The van der Waals surface area contributed by atoms with Crippen molar-refractivity contribution in [2.75, 3.05) is 5.32 Å². The molecule has 2 N–H and O–H groups in total. The lowest BCUT2D eigenvalue weighted by atomic mass is 10.0. The highest BCUT2D eigenvalue weighted by molar-refractivity contribution is 5.67. The van der Waals surface area contributed by atoms with Gasteiger partial charge in [-0.3, -0.25) is 0 Å².